The van der Waals surface area contributed by atoms with Crippen molar-refractivity contribution >= 4 is 0 Å². The van der Waals surface area contributed by atoms with Crippen LogP contribution in [-0.2, 0) is 30.3 Å². The fourth-order valence-electron chi connectivity index (χ4n) is 0.221. The van der Waals surface area contributed by atoms with E-state index in [0.717, 1.165) is 0 Å². The molecule has 0 aliphatic carbocycles. The van der Waals surface area contributed by atoms with E-state index in [-0.39, 0.29) is 0 Å². The Morgan fingerprint density at radius 2 is 2.22 bits per heavy atom. The van der Waals surface area contributed by atoms with E-state index in [1.807, 2.05) is 13.8 Å². The predicted molar refractivity (Wildman–Crippen MR) is 24.8 cm³/mol. The van der Waals surface area contributed by atoms with Crippen LogP contribution in [-0.4, -0.2) is 10.3 Å². The Labute approximate surface area is 60.8 Å². The average Bonchev–Trinajstić information content (AvgIpc) is 1.63. The Balaban J connectivity index is 3.01. The molecule has 0 spiro atoms. The van der Waals surface area contributed by atoms with Crippen molar-refractivity contribution in [3.8, 4) is 0 Å². The Kier molecular flexibility index (Phi) is 5.43. The van der Waals surface area contributed by atoms with Crippen LogP contribution in [0.3, 0.4) is 0 Å². The molecule has 0 radical (unpaired) electrons. The summed E-state index contributed by atoms with van der Waals surface area (Å²) in [6, 6.07) is 0. The summed E-state index contributed by atoms with van der Waals surface area (Å²) in [6.07, 6.45) is 0. The van der Waals surface area contributed by atoms with E-state index in [1.165, 1.54) is 0 Å². The van der Waals surface area contributed by atoms with Gasteiger partial charge in [0.2, 0.25) is 0 Å². The molecular weight excluding hydrogens is 160 g/mol. The first-order valence-electron chi connectivity index (χ1n) is 2.65. The summed E-state index contributed by atoms with van der Waals surface area (Å²) < 4.78 is 22.0. The van der Waals surface area contributed by atoms with Crippen molar-refractivity contribution in [1.82, 2.24) is 0 Å². The fourth-order valence-corrected chi connectivity index (χ4v) is 0.484. The van der Waals surface area contributed by atoms with Crippen molar-refractivity contribution < 1.29 is 34.0 Å². The molecule has 0 unspecified atom stereocenters. The summed E-state index contributed by atoms with van der Waals surface area (Å²) in [5, 5.41) is 0. The third-order valence-corrected chi connectivity index (χ3v) is 0.938. The first-order chi connectivity index (χ1) is 4.13. The molecule has 1 N–H and O–H groups in total. The van der Waals surface area contributed by atoms with Gasteiger partial charge in [0, 0.05) is 0 Å². The van der Waals surface area contributed by atoms with Gasteiger partial charge in [0.15, 0.2) is 0 Å². The number of hydrogen-bond donors (Lipinski definition) is 1. The van der Waals surface area contributed by atoms with Gasteiger partial charge < -0.3 is 0 Å². The monoisotopic (exact) mass is 170 g/mol. The van der Waals surface area contributed by atoms with Gasteiger partial charge in [-0.3, -0.25) is 0 Å². The van der Waals surface area contributed by atoms with Crippen molar-refractivity contribution in [1.29, 1.82) is 0 Å². The first-order valence-corrected chi connectivity index (χ1v) is 4.62. The Bertz CT molecular complexity index is 92.6. The van der Waals surface area contributed by atoms with Crippen LogP contribution < -0.4 is 0 Å². The fraction of sp³-hybridized carbons (Fsp3) is 1.00. The topological polar surface area (TPSA) is 55.8 Å². The Morgan fingerprint density at radius 3 is 2.56 bits per heavy atom. The summed E-state index contributed by atoms with van der Waals surface area (Å²) in [6.45, 7) is 4.20. The van der Waals surface area contributed by atoms with E-state index >= 15 is 0 Å². The van der Waals surface area contributed by atoms with Crippen molar-refractivity contribution in [2.45, 2.75) is 13.8 Å². The van der Waals surface area contributed by atoms with Crippen LogP contribution in [0.5, 0.6) is 0 Å². The second-order valence-corrected chi connectivity index (χ2v) is 3.12. The second kappa shape index (κ2) is 5.20. The van der Waals surface area contributed by atoms with Crippen LogP contribution >= 0.6 is 0 Å². The van der Waals surface area contributed by atoms with Gasteiger partial charge in [-0.1, -0.05) is 0 Å². The van der Waals surface area contributed by atoms with Gasteiger partial charge in [-0.25, -0.2) is 0 Å². The van der Waals surface area contributed by atoms with Gasteiger partial charge in [-0.2, -0.15) is 0 Å². The predicted octanol–water partition coefficient (Wildman–Crippen LogP) is 0.377. The minimum atomic E-state index is -3.43. The normalized spacial score (nSPS) is 10.2. The molecule has 5 heteroatoms. The minimum absolute atomic E-state index is 0.322. The van der Waals surface area contributed by atoms with Gasteiger partial charge in [0.25, 0.3) is 0 Å². The molecule has 0 aliphatic rings. The molecule has 0 aromatic carbocycles. The first kappa shape index (κ1) is 9.39. The Morgan fingerprint density at radius 1 is 1.67 bits per heavy atom. The van der Waals surface area contributed by atoms with Crippen LogP contribution in [0.2, 0.25) is 0 Å². The van der Waals surface area contributed by atoms with Crippen molar-refractivity contribution in [2.75, 3.05) is 6.61 Å². The van der Waals surface area contributed by atoms with Crippen LogP contribution in [0.15, 0.2) is 0 Å². The van der Waals surface area contributed by atoms with Gasteiger partial charge in [-0.15, -0.1) is 0 Å². The van der Waals surface area contributed by atoms with E-state index in [1.54, 1.807) is 0 Å². The molecule has 0 aromatic rings. The molecular formula is C4H10O4Ti. The van der Waals surface area contributed by atoms with E-state index in [4.69, 9.17) is 3.69 Å². The van der Waals surface area contributed by atoms with E-state index in [9.17, 15) is 3.32 Å². The molecule has 54 valence electrons. The molecule has 9 heavy (non-hydrogen) atoms. The molecule has 0 heterocycles. The summed E-state index contributed by atoms with van der Waals surface area (Å²) >= 11 is -3.43. The van der Waals surface area contributed by atoms with E-state index in [0.29, 0.717) is 12.5 Å². The molecule has 0 atom stereocenters. The number of hydrogen-bond acceptors (Lipinski definition) is 3. The second-order valence-electron chi connectivity index (χ2n) is 2.03. The quantitative estimate of drug-likeness (QED) is 0.376. The van der Waals surface area contributed by atoms with Crippen LogP contribution in [0.25, 0.3) is 0 Å². The van der Waals surface area contributed by atoms with Crippen molar-refractivity contribution in [3.63, 3.8) is 0 Å². The van der Waals surface area contributed by atoms with E-state index in [2.05, 4.69) is 8.36 Å². The van der Waals surface area contributed by atoms with Gasteiger partial charge in [-0.05, 0) is 0 Å². The molecule has 0 fully saturated rings. The van der Waals surface area contributed by atoms with Crippen molar-refractivity contribution in [2.24, 2.45) is 5.92 Å². The maximum absolute atomic E-state index is 9.88. The zero-order valence-electron chi connectivity index (χ0n) is 5.46. The summed E-state index contributed by atoms with van der Waals surface area (Å²) in [5.41, 5.74) is 0. The average molecular weight is 170 g/mol. The molecule has 0 bridgehead atoms. The molecule has 4 nitrogen and oxygen atoms in total. The SMILES string of the molecule is CC(C)CO[O][Ti](=[O])[OH]. The van der Waals surface area contributed by atoms with Crippen LogP contribution in [0.4, 0.5) is 0 Å². The van der Waals surface area contributed by atoms with Gasteiger partial charge >= 0.3 is 60.4 Å². The number of rotatable bonds is 4. The molecule has 0 rings (SSSR count). The zero-order chi connectivity index (χ0) is 7.28. The maximum atomic E-state index is 9.88. The van der Waals surface area contributed by atoms with E-state index < -0.39 is 18.6 Å². The molecule has 0 saturated carbocycles. The third kappa shape index (κ3) is 8.39. The standard InChI is InChI=1S/C4H10O2.H2O.O.Ti/c1-4(2)3-6-5;;;/h4-5H,3H2,1-2H3;1H2;;/q;;;+2/p-2. The van der Waals surface area contributed by atoms with Crippen LogP contribution in [0, 0.1) is 5.92 Å². The third-order valence-electron chi connectivity index (χ3n) is 0.532. The summed E-state index contributed by atoms with van der Waals surface area (Å²) in [7, 11) is 0. The van der Waals surface area contributed by atoms with Gasteiger partial charge in [0.05, 0.1) is 0 Å². The molecule has 0 aromatic heterocycles. The van der Waals surface area contributed by atoms with Crippen molar-refractivity contribution in [3.05, 3.63) is 0 Å². The molecule has 0 saturated heterocycles. The summed E-state index contributed by atoms with van der Waals surface area (Å²) in [5.74, 6) is 0.322. The Hall–Kier alpha value is 0.394. The zero-order valence-corrected chi connectivity index (χ0v) is 7.02. The molecule has 0 aliphatic heterocycles. The summed E-state index contributed by atoms with van der Waals surface area (Å²) in [4.78, 5) is 4.37. The van der Waals surface area contributed by atoms with Gasteiger partial charge in [0.1, 0.15) is 0 Å². The molecule has 0 amide bonds. The van der Waals surface area contributed by atoms with Crippen LogP contribution in [0.1, 0.15) is 13.8 Å².